The van der Waals surface area contributed by atoms with Crippen LogP contribution in [0.4, 0.5) is 0 Å². The van der Waals surface area contributed by atoms with E-state index in [1.807, 2.05) is 17.2 Å². The third-order valence-electron chi connectivity index (χ3n) is 7.32. The molecule has 0 aliphatic heterocycles. The Morgan fingerprint density at radius 1 is 1.10 bits per heavy atom. The molecule has 1 nitrogen and oxygen atoms in total. The van der Waals surface area contributed by atoms with Crippen molar-refractivity contribution < 1.29 is 4.79 Å². The van der Waals surface area contributed by atoms with Crippen molar-refractivity contribution in [2.75, 3.05) is 0 Å². The van der Waals surface area contributed by atoms with Gasteiger partial charge in [-0.2, -0.15) is 0 Å². The molecule has 4 atom stereocenters. The maximum absolute atomic E-state index is 11.7. The quantitative estimate of drug-likeness (QED) is 0.603. The highest BCUT2D eigenvalue weighted by atomic mass is 16.1. The van der Waals surface area contributed by atoms with Gasteiger partial charge in [0.1, 0.15) is 0 Å². The maximum Gasteiger partial charge on any atom is 0.155 e. The van der Waals surface area contributed by atoms with Gasteiger partial charge < -0.3 is 0 Å². The Morgan fingerprint density at radius 3 is 2.71 bits per heavy atom. The molecule has 0 radical (unpaired) electrons. The van der Waals surface area contributed by atoms with Gasteiger partial charge in [-0.3, -0.25) is 4.79 Å². The fraction of sp³-hybridized carbons (Fsp3) is 0.750. The molecule has 0 saturated heterocycles. The summed E-state index contributed by atoms with van der Waals surface area (Å²) in [6.45, 7) is 4.87. The van der Waals surface area contributed by atoms with Gasteiger partial charge in [0.15, 0.2) is 5.78 Å². The summed E-state index contributed by atoms with van der Waals surface area (Å²) in [6.07, 6.45) is 13.3. The lowest BCUT2D eigenvalue weighted by Gasteiger charge is -2.46. The van der Waals surface area contributed by atoms with E-state index < -0.39 is 0 Å². The van der Waals surface area contributed by atoms with Gasteiger partial charge in [-0.05, 0) is 80.6 Å². The van der Waals surface area contributed by atoms with E-state index >= 15 is 0 Å². The van der Waals surface area contributed by atoms with Gasteiger partial charge >= 0.3 is 0 Å². The van der Waals surface area contributed by atoms with Gasteiger partial charge in [-0.15, -0.1) is 0 Å². The molecule has 4 rings (SSSR count). The van der Waals surface area contributed by atoms with Crippen molar-refractivity contribution in [3.05, 3.63) is 22.8 Å². The minimum atomic E-state index is 0.384. The molecular weight excluding hydrogens is 256 g/mol. The SMILES string of the molecule is CC[C@]1(C)CCC2=C1CC[C@@H]1[C@@H]3CCC(=O)C=C3CC[C@@H]21. The predicted molar refractivity (Wildman–Crippen MR) is 85.9 cm³/mol. The Morgan fingerprint density at radius 2 is 1.90 bits per heavy atom. The number of ketones is 1. The number of allylic oxidation sites excluding steroid dienone is 4. The van der Waals surface area contributed by atoms with Crippen LogP contribution in [0.2, 0.25) is 0 Å². The molecular formula is C20H28O. The first-order chi connectivity index (χ1) is 10.1. The Balaban J connectivity index is 1.66. The van der Waals surface area contributed by atoms with Crippen molar-refractivity contribution in [1.29, 1.82) is 0 Å². The number of carbonyl (C=O) groups is 1. The van der Waals surface area contributed by atoms with Gasteiger partial charge in [0.2, 0.25) is 0 Å². The Hall–Kier alpha value is -0.850. The van der Waals surface area contributed by atoms with E-state index in [4.69, 9.17) is 0 Å². The van der Waals surface area contributed by atoms with Crippen LogP contribution >= 0.6 is 0 Å². The van der Waals surface area contributed by atoms with Crippen LogP contribution in [0.5, 0.6) is 0 Å². The number of rotatable bonds is 1. The van der Waals surface area contributed by atoms with Gasteiger partial charge in [0.25, 0.3) is 0 Å². The Bertz CT molecular complexity index is 538. The number of fused-ring (bicyclic) bond motifs is 4. The molecule has 0 aromatic carbocycles. The summed E-state index contributed by atoms with van der Waals surface area (Å²) in [5.41, 5.74) is 5.74. The lowest BCUT2D eigenvalue weighted by molar-refractivity contribution is -0.115. The van der Waals surface area contributed by atoms with Crippen LogP contribution in [0, 0.1) is 23.2 Å². The zero-order chi connectivity index (χ0) is 14.6. The fourth-order valence-corrected chi connectivity index (χ4v) is 5.94. The molecule has 0 aromatic heterocycles. The zero-order valence-corrected chi connectivity index (χ0v) is 13.6. The van der Waals surface area contributed by atoms with Crippen molar-refractivity contribution >= 4 is 5.78 Å². The normalized spacial score (nSPS) is 42.3. The van der Waals surface area contributed by atoms with E-state index in [0.717, 1.165) is 30.6 Å². The lowest BCUT2D eigenvalue weighted by Crippen LogP contribution is -2.36. The van der Waals surface area contributed by atoms with Crippen molar-refractivity contribution in [2.45, 2.75) is 71.6 Å². The van der Waals surface area contributed by atoms with Gasteiger partial charge in [0.05, 0.1) is 0 Å². The topological polar surface area (TPSA) is 17.1 Å². The van der Waals surface area contributed by atoms with Crippen molar-refractivity contribution in [3.8, 4) is 0 Å². The van der Waals surface area contributed by atoms with Crippen molar-refractivity contribution in [1.82, 2.24) is 0 Å². The van der Waals surface area contributed by atoms with Crippen LogP contribution < -0.4 is 0 Å². The van der Waals surface area contributed by atoms with Crippen LogP contribution in [-0.2, 0) is 4.79 Å². The fourth-order valence-electron chi connectivity index (χ4n) is 5.94. The molecule has 1 fully saturated rings. The number of carbonyl (C=O) groups excluding carboxylic acids is 1. The molecule has 0 amide bonds. The molecule has 0 unspecified atom stereocenters. The van der Waals surface area contributed by atoms with Gasteiger partial charge in [-0.1, -0.05) is 30.6 Å². The van der Waals surface area contributed by atoms with E-state index in [1.54, 1.807) is 0 Å². The highest BCUT2D eigenvalue weighted by Gasteiger charge is 2.46. The standard InChI is InChI=1S/C20H28O/c1-3-20(2)11-10-18-17-6-4-13-12-14(21)5-7-15(13)16(17)8-9-19(18)20/h12,15-17H,3-11H2,1-2H3/t15-,16-,17-,20-/m1/s1. The molecule has 4 aliphatic rings. The third-order valence-corrected chi connectivity index (χ3v) is 7.32. The summed E-state index contributed by atoms with van der Waals surface area (Å²) in [5, 5.41) is 0. The van der Waals surface area contributed by atoms with E-state index in [1.165, 1.54) is 50.5 Å². The first-order valence-corrected chi connectivity index (χ1v) is 9.08. The Labute approximate surface area is 128 Å². The largest absolute Gasteiger partial charge is 0.295 e. The molecule has 1 saturated carbocycles. The van der Waals surface area contributed by atoms with E-state index in [9.17, 15) is 4.79 Å². The highest BCUT2D eigenvalue weighted by molar-refractivity contribution is 5.91. The minimum Gasteiger partial charge on any atom is -0.295 e. The molecule has 0 aromatic rings. The van der Waals surface area contributed by atoms with Gasteiger partial charge in [-0.25, -0.2) is 0 Å². The molecule has 1 heteroatoms. The molecule has 0 bridgehead atoms. The van der Waals surface area contributed by atoms with Crippen molar-refractivity contribution in [3.63, 3.8) is 0 Å². The monoisotopic (exact) mass is 284 g/mol. The summed E-state index contributed by atoms with van der Waals surface area (Å²) >= 11 is 0. The van der Waals surface area contributed by atoms with E-state index in [0.29, 0.717) is 11.2 Å². The summed E-state index contributed by atoms with van der Waals surface area (Å²) in [4.78, 5) is 11.7. The van der Waals surface area contributed by atoms with Crippen LogP contribution in [0.15, 0.2) is 22.8 Å². The zero-order valence-electron chi connectivity index (χ0n) is 13.6. The predicted octanol–water partition coefficient (Wildman–Crippen LogP) is 5.22. The summed E-state index contributed by atoms with van der Waals surface area (Å²) in [6, 6.07) is 0. The van der Waals surface area contributed by atoms with Crippen molar-refractivity contribution in [2.24, 2.45) is 23.2 Å². The van der Waals surface area contributed by atoms with E-state index in [-0.39, 0.29) is 0 Å². The molecule has 0 spiro atoms. The van der Waals surface area contributed by atoms with Crippen LogP contribution in [0.3, 0.4) is 0 Å². The molecule has 0 N–H and O–H groups in total. The smallest absolute Gasteiger partial charge is 0.155 e. The second kappa shape index (κ2) is 4.83. The lowest BCUT2D eigenvalue weighted by atomic mass is 9.59. The van der Waals surface area contributed by atoms with E-state index in [2.05, 4.69) is 13.8 Å². The highest BCUT2D eigenvalue weighted by Crippen LogP contribution is 2.59. The second-order valence-electron chi connectivity index (χ2n) is 8.10. The average Bonchev–Trinajstić information content (AvgIpc) is 2.85. The van der Waals surface area contributed by atoms with Crippen LogP contribution in [0.25, 0.3) is 0 Å². The minimum absolute atomic E-state index is 0.384. The van der Waals surface area contributed by atoms with Crippen LogP contribution in [-0.4, -0.2) is 5.78 Å². The molecule has 21 heavy (non-hydrogen) atoms. The second-order valence-corrected chi connectivity index (χ2v) is 8.10. The number of hydrogen-bond donors (Lipinski definition) is 0. The first-order valence-electron chi connectivity index (χ1n) is 9.08. The molecule has 0 heterocycles. The maximum atomic E-state index is 11.7. The molecule has 114 valence electrons. The first kappa shape index (κ1) is 13.8. The number of hydrogen-bond acceptors (Lipinski definition) is 1. The van der Waals surface area contributed by atoms with Gasteiger partial charge in [0, 0.05) is 6.42 Å². The summed E-state index contributed by atoms with van der Waals surface area (Å²) in [7, 11) is 0. The third kappa shape index (κ3) is 1.99. The average molecular weight is 284 g/mol. The summed E-state index contributed by atoms with van der Waals surface area (Å²) < 4.78 is 0. The van der Waals surface area contributed by atoms with Crippen LogP contribution in [0.1, 0.15) is 71.6 Å². The summed E-state index contributed by atoms with van der Waals surface area (Å²) in [5.74, 6) is 2.84. The molecule has 4 aliphatic carbocycles. The Kier molecular flexibility index (Phi) is 3.17.